The topological polar surface area (TPSA) is 31.0 Å². The van der Waals surface area contributed by atoms with Gasteiger partial charge in [0.1, 0.15) is 5.76 Å². The number of rotatable bonds is 7. The number of benzene rings is 1. The number of halogens is 1. The van der Waals surface area contributed by atoms with Crippen molar-refractivity contribution in [2.75, 3.05) is 0 Å². The number of aryl methyl sites for hydroxylation is 2. The molecule has 23 heavy (non-hydrogen) atoms. The molecule has 0 amide bonds. The molecule has 1 unspecified atom stereocenters. The molecule has 0 saturated carbocycles. The quantitative estimate of drug-likeness (QED) is 0.549. The third-order valence-electron chi connectivity index (χ3n) is 3.64. The van der Waals surface area contributed by atoms with E-state index in [9.17, 15) is 0 Å². The summed E-state index contributed by atoms with van der Waals surface area (Å²) in [5.41, 5.74) is 1.31. The molecule has 0 spiro atoms. The van der Waals surface area contributed by atoms with Gasteiger partial charge in [-0.15, -0.1) is 0 Å². The van der Waals surface area contributed by atoms with Gasteiger partial charge in [0.05, 0.1) is 6.33 Å². The second-order valence-corrected chi connectivity index (χ2v) is 7.27. The van der Waals surface area contributed by atoms with Crippen molar-refractivity contribution in [1.82, 2.24) is 9.55 Å². The van der Waals surface area contributed by atoms with Crippen molar-refractivity contribution in [3.8, 4) is 0 Å². The molecule has 3 rings (SSSR count). The van der Waals surface area contributed by atoms with Gasteiger partial charge in [0.15, 0.2) is 5.09 Å². The first kappa shape index (κ1) is 16.2. The van der Waals surface area contributed by atoms with Crippen molar-refractivity contribution in [2.45, 2.75) is 36.7 Å². The number of imidazole rings is 1. The van der Waals surface area contributed by atoms with Crippen LogP contribution in [0.5, 0.6) is 0 Å². The highest BCUT2D eigenvalue weighted by atomic mass is 35.5. The van der Waals surface area contributed by atoms with Crippen LogP contribution in [0.4, 0.5) is 0 Å². The van der Waals surface area contributed by atoms with Crippen LogP contribution in [0.25, 0.3) is 0 Å². The molecule has 1 aromatic carbocycles. The van der Waals surface area contributed by atoms with Gasteiger partial charge in [-0.2, -0.15) is 0 Å². The number of furan rings is 1. The lowest BCUT2D eigenvalue weighted by atomic mass is 10.1. The van der Waals surface area contributed by atoms with Crippen molar-refractivity contribution >= 4 is 23.4 Å². The summed E-state index contributed by atoms with van der Waals surface area (Å²) in [6, 6.07) is 12.1. The van der Waals surface area contributed by atoms with Crippen LogP contribution in [-0.4, -0.2) is 14.8 Å². The first-order valence-electron chi connectivity index (χ1n) is 7.62. The molecule has 0 aliphatic carbocycles. The van der Waals surface area contributed by atoms with Crippen molar-refractivity contribution < 1.29 is 4.42 Å². The van der Waals surface area contributed by atoms with E-state index >= 15 is 0 Å². The van der Waals surface area contributed by atoms with E-state index in [4.69, 9.17) is 16.0 Å². The van der Waals surface area contributed by atoms with Gasteiger partial charge >= 0.3 is 0 Å². The minimum absolute atomic E-state index is 0.422. The van der Waals surface area contributed by atoms with Gasteiger partial charge in [-0.05, 0) is 49.6 Å². The fraction of sp³-hybridized carbons (Fsp3) is 0.278. The number of thioether (sulfide) groups is 1. The van der Waals surface area contributed by atoms with E-state index in [2.05, 4.69) is 21.7 Å². The van der Waals surface area contributed by atoms with Gasteiger partial charge in [0, 0.05) is 29.2 Å². The molecule has 2 heterocycles. The molecule has 5 heteroatoms. The Bertz CT molecular complexity index is 722. The molecule has 3 nitrogen and oxygen atoms in total. The van der Waals surface area contributed by atoms with E-state index < -0.39 is 0 Å². The van der Waals surface area contributed by atoms with Crippen LogP contribution >= 0.6 is 23.4 Å². The highest BCUT2D eigenvalue weighted by molar-refractivity contribution is 7.99. The van der Waals surface area contributed by atoms with Gasteiger partial charge in [0.2, 0.25) is 0 Å². The second kappa shape index (κ2) is 7.75. The average Bonchev–Trinajstić information content (AvgIpc) is 3.18. The molecule has 1 atom stereocenters. The van der Waals surface area contributed by atoms with Crippen LogP contribution < -0.4 is 0 Å². The summed E-state index contributed by atoms with van der Waals surface area (Å²) in [5, 5.41) is 2.18. The average molecular weight is 347 g/mol. The number of hydrogen-bond acceptors (Lipinski definition) is 3. The summed E-state index contributed by atoms with van der Waals surface area (Å²) in [7, 11) is 0. The lowest BCUT2D eigenvalue weighted by Gasteiger charge is -2.16. The van der Waals surface area contributed by atoms with Gasteiger partial charge in [-0.25, -0.2) is 4.98 Å². The smallest absolute Gasteiger partial charge is 0.160 e. The van der Waals surface area contributed by atoms with E-state index in [-0.39, 0.29) is 0 Å². The lowest BCUT2D eigenvalue weighted by Crippen LogP contribution is -2.13. The molecule has 0 aliphatic heterocycles. The summed E-state index contributed by atoms with van der Waals surface area (Å²) in [6.45, 7) is 2.89. The van der Waals surface area contributed by atoms with Crippen LogP contribution in [0.1, 0.15) is 17.7 Å². The summed E-state index contributed by atoms with van der Waals surface area (Å²) in [4.78, 5) is 4.13. The van der Waals surface area contributed by atoms with Gasteiger partial charge in [-0.1, -0.05) is 35.5 Å². The van der Waals surface area contributed by atoms with E-state index in [1.165, 1.54) is 5.56 Å². The minimum atomic E-state index is 0.422. The third kappa shape index (κ3) is 4.91. The van der Waals surface area contributed by atoms with Gasteiger partial charge < -0.3 is 8.98 Å². The molecule has 0 bridgehead atoms. The minimum Gasteiger partial charge on any atom is -0.455 e. The fourth-order valence-corrected chi connectivity index (χ4v) is 3.70. The molecule has 0 saturated heterocycles. The van der Waals surface area contributed by atoms with Gasteiger partial charge in [-0.3, -0.25) is 0 Å². The summed E-state index contributed by atoms with van der Waals surface area (Å²) in [5.74, 6) is 0.951. The Morgan fingerprint density at radius 1 is 1.22 bits per heavy atom. The molecular weight excluding hydrogens is 328 g/mol. The van der Waals surface area contributed by atoms with E-state index in [0.717, 1.165) is 35.3 Å². The molecule has 0 N–H and O–H groups in total. The second-order valence-electron chi connectivity index (χ2n) is 5.53. The van der Waals surface area contributed by atoms with Crippen molar-refractivity contribution in [1.29, 1.82) is 0 Å². The number of aromatic nitrogens is 2. The first-order valence-corrected chi connectivity index (χ1v) is 8.88. The zero-order valence-electron chi connectivity index (χ0n) is 13.0. The number of hydrogen-bond donors (Lipinski definition) is 0. The largest absolute Gasteiger partial charge is 0.455 e. The Kier molecular flexibility index (Phi) is 5.47. The van der Waals surface area contributed by atoms with Crippen LogP contribution in [0, 0.1) is 6.92 Å². The zero-order valence-corrected chi connectivity index (χ0v) is 14.6. The SMILES string of the molecule is Cc1ccc(SC(CCc2ccc(Cl)cc2)Cn2ccnc2)o1. The van der Waals surface area contributed by atoms with Crippen LogP contribution in [0.2, 0.25) is 5.02 Å². The number of nitrogens with zero attached hydrogens (tertiary/aromatic N) is 2. The van der Waals surface area contributed by atoms with Crippen molar-refractivity contribution in [3.05, 3.63) is 71.5 Å². The predicted molar refractivity (Wildman–Crippen MR) is 95.1 cm³/mol. The first-order chi connectivity index (χ1) is 11.2. The maximum Gasteiger partial charge on any atom is 0.160 e. The molecule has 3 aromatic rings. The highest BCUT2D eigenvalue weighted by Gasteiger charge is 2.14. The molecule has 2 aromatic heterocycles. The highest BCUT2D eigenvalue weighted by Crippen LogP contribution is 2.29. The molecular formula is C18H19ClN2OS. The molecule has 0 aliphatic rings. The summed E-state index contributed by atoms with van der Waals surface area (Å²) in [6.07, 6.45) is 7.76. The predicted octanol–water partition coefficient (Wildman–Crippen LogP) is 5.23. The van der Waals surface area contributed by atoms with E-state index in [1.807, 2.05) is 49.9 Å². The Hall–Kier alpha value is -1.65. The van der Waals surface area contributed by atoms with Gasteiger partial charge in [0.25, 0.3) is 0 Å². The summed E-state index contributed by atoms with van der Waals surface area (Å²) >= 11 is 7.74. The standard InChI is InChI=1S/C18H19ClN2OS/c1-14-2-9-18(22-14)23-17(12-21-11-10-20-13-21)8-5-15-3-6-16(19)7-4-15/h2-4,6-7,9-11,13,17H,5,8,12H2,1H3. The zero-order chi connectivity index (χ0) is 16.1. The Balaban J connectivity index is 1.65. The van der Waals surface area contributed by atoms with E-state index in [1.54, 1.807) is 11.8 Å². The van der Waals surface area contributed by atoms with Crippen molar-refractivity contribution in [3.63, 3.8) is 0 Å². The fourth-order valence-electron chi connectivity index (χ4n) is 2.44. The third-order valence-corrected chi connectivity index (χ3v) is 5.06. The van der Waals surface area contributed by atoms with E-state index in [0.29, 0.717) is 5.25 Å². The molecule has 0 fully saturated rings. The molecule has 0 radical (unpaired) electrons. The Morgan fingerprint density at radius 3 is 2.70 bits per heavy atom. The lowest BCUT2D eigenvalue weighted by molar-refractivity contribution is 0.446. The molecule has 120 valence electrons. The van der Waals surface area contributed by atoms with Crippen LogP contribution in [-0.2, 0) is 13.0 Å². The normalized spacial score (nSPS) is 12.4. The maximum absolute atomic E-state index is 5.95. The van der Waals surface area contributed by atoms with Crippen LogP contribution in [0.3, 0.4) is 0 Å². The monoisotopic (exact) mass is 346 g/mol. The van der Waals surface area contributed by atoms with Crippen molar-refractivity contribution in [2.24, 2.45) is 0 Å². The Labute approximate surface area is 145 Å². The summed E-state index contributed by atoms with van der Waals surface area (Å²) < 4.78 is 7.84. The maximum atomic E-state index is 5.95. The van der Waals surface area contributed by atoms with Crippen LogP contribution in [0.15, 0.2) is 64.6 Å². The Morgan fingerprint density at radius 2 is 2.04 bits per heavy atom.